The minimum atomic E-state index is -0.810. The van der Waals surface area contributed by atoms with Gasteiger partial charge in [0.25, 0.3) is 0 Å². The molecule has 0 radical (unpaired) electrons. The van der Waals surface area contributed by atoms with Gasteiger partial charge in [0.15, 0.2) is 0 Å². The van der Waals surface area contributed by atoms with E-state index in [1.807, 2.05) is 0 Å². The number of methoxy groups -OCH3 is 1. The van der Waals surface area contributed by atoms with Crippen molar-refractivity contribution in [2.45, 2.75) is 31.0 Å². The average Bonchev–Trinajstić information content (AvgIpc) is 3.10. The normalized spacial score (nSPS) is 18.3. The maximum atomic E-state index is 13.5. The molecule has 0 aliphatic carbocycles. The number of halogens is 1. The number of aliphatic hydroxyl groups excluding tert-OH is 1. The van der Waals surface area contributed by atoms with E-state index in [9.17, 15) is 19.6 Å². The molecule has 2 aliphatic heterocycles. The summed E-state index contributed by atoms with van der Waals surface area (Å²) in [6.45, 7) is 1.77. The highest BCUT2D eigenvalue weighted by molar-refractivity contribution is 5.50. The van der Waals surface area contributed by atoms with E-state index in [1.54, 1.807) is 6.07 Å². The number of piperidine rings is 1. The van der Waals surface area contributed by atoms with E-state index in [-0.39, 0.29) is 29.5 Å². The van der Waals surface area contributed by atoms with Gasteiger partial charge in [-0.15, -0.1) is 0 Å². The van der Waals surface area contributed by atoms with Gasteiger partial charge in [0.05, 0.1) is 12.0 Å². The SMILES string of the molecule is COc1ccc([N+](=O)[O-])c(OC[C@H](O)CN2CCC3(CC2)Cc2cc(F)ccc2O3)c1. The molecule has 9 heteroatoms. The van der Waals surface area contributed by atoms with Crippen LogP contribution in [0.25, 0.3) is 0 Å². The molecule has 0 saturated carbocycles. The van der Waals surface area contributed by atoms with Gasteiger partial charge in [0.1, 0.15) is 35.6 Å². The van der Waals surface area contributed by atoms with Gasteiger partial charge in [-0.1, -0.05) is 0 Å². The van der Waals surface area contributed by atoms with Crippen LogP contribution in [0, 0.1) is 15.9 Å². The zero-order chi connectivity index (χ0) is 22.0. The number of fused-ring (bicyclic) bond motifs is 1. The molecule has 0 amide bonds. The summed E-state index contributed by atoms with van der Waals surface area (Å²) < 4.78 is 30.3. The largest absolute Gasteiger partial charge is 0.497 e. The molecule has 1 saturated heterocycles. The molecule has 1 atom stereocenters. The summed E-state index contributed by atoms with van der Waals surface area (Å²) in [6, 6.07) is 8.88. The monoisotopic (exact) mass is 432 g/mol. The summed E-state index contributed by atoms with van der Waals surface area (Å²) in [5.41, 5.74) is 0.416. The van der Waals surface area contributed by atoms with Crippen molar-refractivity contribution >= 4 is 5.69 Å². The lowest BCUT2D eigenvalue weighted by molar-refractivity contribution is -0.385. The van der Waals surface area contributed by atoms with Gasteiger partial charge in [-0.25, -0.2) is 4.39 Å². The third-order valence-corrected chi connectivity index (χ3v) is 5.89. The number of hydrogen-bond acceptors (Lipinski definition) is 7. The smallest absolute Gasteiger partial charge is 0.311 e. The fourth-order valence-electron chi connectivity index (χ4n) is 4.25. The van der Waals surface area contributed by atoms with Gasteiger partial charge in [-0.2, -0.15) is 0 Å². The minimum Gasteiger partial charge on any atom is -0.497 e. The van der Waals surface area contributed by atoms with Crippen molar-refractivity contribution < 1.29 is 28.6 Å². The van der Waals surface area contributed by atoms with Gasteiger partial charge < -0.3 is 24.2 Å². The van der Waals surface area contributed by atoms with Crippen LogP contribution in [0.4, 0.5) is 10.1 Å². The van der Waals surface area contributed by atoms with Crippen LogP contribution in [0.5, 0.6) is 17.2 Å². The first kappa shape index (κ1) is 21.3. The summed E-state index contributed by atoms with van der Waals surface area (Å²) in [7, 11) is 1.46. The summed E-state index contributed by atoms with van der Waals surface area (Å²) >= 11 is 0. The molecular weight excluding hydrogens is 407 g/mol. The molecule has 2 aromatic carbocycles. The number of hydrogen-bond donors (Lipinski definition) is 1. The molecule has 1 fully saturated rings. The first-order valence-corrected chi connectivity index (χ1v) is 10.2. The Balaban J connectivity index is 1.28. The van der Waals surface area contributed by atoms with Gasteiger partial charge >= 0.3 is 5.69 Å². The maximum Gasteiger partial charge on any atom is 0.311 e. The Morgan fingerprint density at radius 1 is 1.29 bits per heavy atom. The fraction of sp³-hybridized carbons (Fsp3) is 0.455. The number of nitro benzene ring substituents is 1. The van der Waals surface area contributed by atoms with Crippen LogP contribution < -0.4 is 14.2 Å². The van der Waals surface area contributed by atoms with Crippen LogP contribution in [0.1, 0.15) is 18.4 Å². The Morgan fingerprint density at radius 3 is 2.77 bits per heavy atom. The fourth-order valence-corrected chi connectivity index (χ4v) is 4.25. The number of benzene rings is 2. The molecule has 1 spiro atoms. The summed E-state index contributed by atoms with van der Waals surface area (Å²) in [5.74, 6) is 0.999. The van der Waals surface area contributed by atoms with E-state index in [1.165, 1.54) is 37.4 Å². The van der Waals surface area contributed by atoms with Gasteiger partial charge in [0, 0.05) is 56.6 Å². The number of aliphatic hydroxyl groups is 1. The lowest BCUT2D eigenvalue weighted by Gasteiger charge is -2.39. The van der Waals surface area contributed by atoms with E-state index in [0.717, 1.165) is 37.2 Å². The molecule has 0 unspecified atom stereocenters. The van der Waals surface area contributed by atoms with Crippen LogP contribution in [-0.4, -0.2) is 60.0 Å². The Labute approximate surface area is 179 Å². The minimum absolute atomic E-state index is 0.0605. The first-order valence-electron chi connectivity index (χ1n) is 10.2. The molecule has 8 nitrogen and oxygen atoms in total. The molecule has 2 aromatic rings. The zero-order valence-electron chi connectivity index (χ0n) is 17.3. The second-order valence-corrected chi connectivity index (χ2v) is 8.07. The van der Waals surface area contributed by atoms with E-state index in [2.05, 4.69) is 4.90 Å². The molecule has 2 heterocycles. The molecule has 166 valence electrons. The Kier molecular flexibility index (Phi) is 5.97. The molecule has 0 bridgehead atoms. The van der Waals surface area contributed by atoms with Crippen LogP contribution in [0.3, 0.4) is 0 Å². The van der Waals surface area contributed by atoms with Gasteiger partial charge in [-0.3, -0.25) is 10.1 Å². The number of nitrogens with zero attached hydrogens (tertiary/aromatic N) is 2. The summed E-state index contributed by atoms with van der Waals surface area (Å²) in [5, 5.41) is 21.6. The molecule has 4 rings (SSSR count). The van der Waals surface area contributed by atoms with Gasteiger partial charge in [-0.05, 0) is 24.3 Å². The van der Waals surface area contributed by atoms with Crippen molar-refractivity contribution in [3.8, 4) is 17.2 Å². The topological polar surface area (TPSA) is 94.3 Å². The Bertz CT molecular complexity index is 961. The quantitative estimate of drug-likeness (QED) is 0.531. The Hall–Kier alpha value is -2.91. The molecule has 1 N–H and O–H groups in total. The van der Waals surface area contributed by atoms with Crippen LogP contribution in [-0.2, 0) is 6.42 Å². The molecule has 2 aliphatic rings. The standard InChI is InChI=1S/C22H25FN2O6/c1-29-18-3-4-19(25(27)28)21(11-18)30-14-17(26)13-24-8-6-22(7-9-24)12-15-10-16(23)2-5-20(15)31-22/h2-5,10-11,17,26H,6-9,12-14H2,1H3/t17-/m1/s1. The summed E-state index contributed by atoms with van der Waals surface area (Å²) in [4.78, 5) is 12.8. The highest BCUT2D eigenvalue weighted by Crippen LogP contribution is 2.41. The maximum absolute atomic E-state index is 13.5. The molecule has 31 heavy (non-hydrogen) atoms. The number of rotatable bonds is 7. The third kappa shape index (κ3) is 4.72. The highest BCUT2D eigenvalue weighted by atomic mass is 19.1. The zero-order valence-corrected chi connectivity index (χ0v) is 17.3. The van der Waals surface area contributed by atoms with Crippen molar-refractivity contribution in [1.82, 2.24) is 4.90 Å². The van der Waals surface area contributed by atoms with E-state index in [0.29, 0.717) is 18.7 Å². The van der Waals surface area contributed by atoms with Crippen molar-refractivity contribution in [1.29, 1.82) is 0 Å². The second-order valence-electron chi connectivity index (χ2n) is 8.07. The third-order valence-electron chi connectivity index (χ3n) is 5.89. The van der Waals surface area contributed by atoms with E-state index < -0.39 is 11.0 Å². The average molecular weight is 432 g/mol. The number of nitro groups is 1. The van der Waals surface area contributed by atoms with Crippen LogP contribution in [0.2, 0.25) is 0 Å². The predicted molar refractivity (Wildman–Crippen MR) is 110 cm³/mol. The second kappa shape index (κ2) is 8.68. The number of β-amino-alcohol motifs (C(OH)–C–C–N with tert-alkyl or cyclic N) is 1. The van der Waals surface area contributed by atoms with Crippen molar-refractivity contribution in [2.75, 3.05) is 33.4 Å². The lowest BCUT2D eigenvalue weighted by Crippen LogP contribution is -2.49. The molecule has 0 aromatic heterocycles. The predicted octanol–water partition coefficient (Wildman–Crippen LogP) is 2.95. The summed E-state index contributed by atoms with van der Waals surface area (Å²) in [6.07, 6.45) is 1.44. The van der Waals surface area contributed by atoms with Crippen molar-refractivity contribution in [3.63, 3.8) is 0 Å². The highest BCUT2D eigenvalue weighted by Gasteiger charge is 2.42. The van der Waals surface area contributed by atoms with E-state index in [4.69, 9.17) is 14.2 Å². The lowest BCUT2D eigenvalue weighted by atomic mass is 9.87. The number of likely N-dealkylation sites (tertiary alicyclic amines) is 1. The van der Waals surface area contributed by atoms with Crippen LogP contribution >= 0.6 is 0 Å². The van der Waals surface area contributed by atoms with Crippen LogP contribution in [0.15, 0.2) is 36.4 Å². The van der Waals surface area contributed by atoms with E-state index >= 15 is 0 Å². The van der Waals surface area contributed by atoms with Crippen molar-refractivity contribution in [2.24, 2.45) is 0 Å². The van der Waals surface area contributed by atoms with Gasteiger partial charge in [0.2, 0.25) is 5.75 Å². The van der Waals surface area contributed by atoms with Crippen molar-refractivity contribution in [3.05, 3.63) is 57.9 Å². The molecular formula is C22H25FN2O6. The Morgan fingerprint density at radius 2 is 2.06 bits per heavy atom. The first-order chi connectivity index (χ1) is 14.9. The number of ether oxygens (including phenoxy) is 3.